The normalized spacial score (nSPS) is 15.4. The van der Waals surface area contributed by atoms with Crippen LogP contribution in [0.25, 0.3) is 0 Å². The molecule has 16 heavy (non-hydrogen) atoms. The average molecular weight is 221 g/mol. The van der Waals surface area contributed by atoms with Gasteiger partial charge < -0.3 is 5.11 Å². The van der Waals surface area contributed by atoms with E-state index >= 15 is 0 Å². The zero-order valence-corrected chi connectivity index (χ0v) is 10.4. The lowest BCUT2D eigenvalue weighted by Crippen LogP contribution is -2.20. The van der Waals surface area contributed by atoms with E-state index in [0.29, 0.717) is 0 Å². The third-order valence-corrected chi connectivity index (χ3v) is 2.47. The lowest BCUT2D eigenvalue weighted by atomic mass is 9.97. The number of nitrogens with zero attached hydrogens (tertiary/aromatic N) is 1. The van der Waals surface area contributed by atoms with Crippen molar-refractivity contribution in [3.8, 4) is 6.07 Å². The van der Waals surface area contributed by atoms with Crippen LogP contribution in [0, 0.1) is 11.3 Å². The molecule has 0 spiro atoms. The van der Waals surface area contributed by atoms with Crippen LogP contribution in [0.3, 0.4) is 0 Å². The molecule has 0 aliphatic heterocycles. The summed E-state index contributed by atoms with van der Waals surface area (Å²) in [6, 6.07) is 1.90. The number of nitriles is 1. The summed E-state index contributed by atoms with van der Waals surface area (Å²) < 4.78 is 0. The van der Waals surface area contributed by atoms with E-state index in [1.54, 1.807) is 13.0 Å². The Hall–Kier alpha value is -1.07. The fourth-order valence-electron chi connectivity index (χ4n) is 1.51. The highest BCUT2D eigenvalue weighted by molar-refractivity contribution is 5.08. The zero-order valence-electron chi connectivity index (χ0n) is 10.4. The molecular weight excluding hydrogens is 198 g/mol. The van der Waals surface area contributed by atoms with Gasteiger partial charge in [-0.15, -0.1) is 0 Å². The predicted molar refractivity (Wildman–Crippen MR) is 67.9 cm³/mol. The maximum atomic E-state index is 9.83. The quantitative estimate of drug-likeness (QED) is 0.385. The average Bonchev–Trinajstić information content (AvgIpc) is 2.25. The summed E-state index contributed by atoms with van der Waals surface area (Å²) in [5.74, 6) is 0. The van der Waals surface area contributed by atoms with E-state index in [4.69, 9.17) is 5.26 Å². The molecular formula is C14H23NO. The standard InChI is InChI=1S/C14H23NO/c1-3-4-5-6-7-8-9-11-14(2,16)12-10-13-15/h4-5,10,12,16H,3,6-9,11H2,1-2H3/b5-4-,12-10+. The smallest absolute Gasteiger partial charge is 0.0909 e. The Morgan fingerprint density at radius 1 is 1.25 bits per heavy atom. The molecule has 0 amide bonds. The second-order valence-corrected chi connectivity index (χ2v) is 4.30. The molecule has 1 atom stereocenters. The highest BCUT2D eigenvalue weighted by Crippen LogP contribution is 2.16. The van der Waals surface area contributed by atoms with Crippen molar-refractivity contribution in [3.63, 3.8) is 0 Å². The summed E-state index contributed by atoms with van der Waals surface area (Å²) in [6.45, 7) is 3.88. The molecule has 0 aliphatic rings. The number of hydrogen-bond donors (Lipinski definition) is 1. The highest BCUT2D eigenvalue weighted by atomic mass is 16.3. The molecule has 0 bridgehead atoms. The summed E-state index contributed by atoms with van der Waals surface area (Å²) in [5, 5.41) is 18.2. The molecule has 0 heterocycles. The first-order valence-electron chi connectivity index (χ1n) is 6.07. The first-order chi connectivity index (χ1) is 7.62. The molecule has 0 rings (SSSR count). The van der Waals surface area contributed by atoms with Crippen LogP contribution in [0.15, 0.2) is 24.3 Å². The summed E-state index contributed by atoms with van der Waals surface area (Å²) in [7, 11) is 0. The molecule has 1 N–H and O–H groups in total. The van der Waals surface area contributed by atoms with E-state index in [0.717, 1.165) is 32.1 Å². The number of hydrogen-bond acceptors (Lipinski definition) is 2. The third kappa shape index (κ3) is 9.48. The second-order valence-electron chi connectivity index (χ2n) is 4.30. The minimum Gasteiger partial charge on any atom is -0.386 e. The lowest BCUT2D eigenvalue weighted by Gasteiger charge is -2.17. The van der Waals surface area contributed by atoms with Gasteiger partial charge in [0.2, 0.25) is 0 Å². The number of aliphatic hydroxyl groups is 1. The van der Waals surface area contributed by atoms with Gasteiger partial charge in [0, 0.05) is 6.08 Å². The van der Waals surface area contributed by atoms with E-state index in [2.05, 4.69) is 19.1 Å². The van der Waals surface area contributed by atoms with Gasteiger partial charge in [-0.25, -0.2) is 0 Å². The Kier molecular flexibility index (Phi) is 8.56. The summed E-state index contributed by atoms with van der Waals surface area (Å²) in [4.78, 5) is 0. The lowest BCUT2D eigenvalue weighted by molar-refractivity contribution is 0.0986. The third-order valence-electron chi connectivity index (χ3n) is 2.47. The maximum Gasteiger partial charge on any atom is 0.0909 e. The van der Waals surface area contributed by atoms with Gasteiger partial charge in [-0.3, -0.25) is 0 Å². The SMILES string of the molecule is CC/C=C\CCCCCC(C)(O)/C=C/C#N. The molecule has 0 fully saturated rings. The van der Waals surface area contributed by atoms with Crippen LogP contribution in [-0.4, -0.2) is 10.7 Å². The topological polar surface area (TPSA) is 44.0 Å². The van der Waals surface area contributed by atoms with Gasteiger partial charge in [0.15, 0.2) is 0 Å². The molecule has 90 valence electrons. The Morgan fingerprint density at radius 2 is 2.00 bits per heavy atom. The van der Waals surface area contributed by atoms with Crippen molar-refractivity contribution in [1.29, 1.82) is 5.26 Å². The van der Waals surface area contributed by atoms with Gasteiger partial charge in [-0.1, -0.05) is 31.9 Å². The van der Waals surface area contributed by atoms with Gasteiger partial charge in [-0.05, 0) is 38.7 Å². The number of unbranched alkanes of at least 4 members (excludes halogenated alkanes) is 3. The fourth-order valence-corrected chi connectivity index (χ4v) is 1.51. The van der Waals surface area contributed by atoms with Crippen LogP contribution < -0.4 is 0 Å². The molecule has 0 aromatic heterocycles. The minimum absolute atomic E-state index is 0.725. The summed E-state index contributed by atoms with van der Waals surface area (Å²) in [6.07, 6.45) is 13.6. The van der Waals surface area contributed by atoms with E-state index in [1.165, 1.54) is 12.5 Å². The van der Waals surface area contributed by atoms with E-state index < -0.39 is 5.60 Å². The Labute approximate surface area is 99.3 Å². The van der Waals surface area contributed by atoms with Crippen LogP contribution in [0.4, 0.5) is 0 Å². The molecule has 0 aliphatic carbocycles. The minimum atomic E-state index is -0.824. The molecule has 0 saturated heterocycles. The summed E-state index contributed by atoms with van der Waals surface area (Å²) >= 11 is 0. The number of rotatable bonds is 8. The predicted octanol–water partition coefficient (Wildman–Crippen LogP) is 3.73. The molecule has 2 nitrogen and oxygen atoms in total. The monoisotopic (exact) mass is 221 g/mol. The van der Waals surface area contributed by atoms with Crippen molar-refractivity contribution in [3.05, 3.63) is 24.3 Å². The highest BCUT2D eigenvalue weighted by Gasteiger charge is 2.14. The van der Waals surface area contributed by atoms with Crippen molar-refractivity contribution >= 4 is 0 Å². The molecule has 2 heteroatoms. The van der Waals surface area contributed by atoms with Gasteiger partial charge in [-0.2, -0.15) is 5.26 Å². The van der Waals surface area contributed by atoms with Crippen LogP contribution in [-0.2, 0) is 0 Å². The number of allylic oxidation sites excluding steroid dienone is 3. The largest absolute Gasteiger partial charge is 0.386 e. The Morgan fingerprint density at radius 3 is 2.62 bits per heavy atom. The Balaban J connectivity index is 3.54. The van der Waals surface area contributed by atoms with Crippen LogP contribution in [0.5, 0.6) is 0 Å². The van der Waals surface area contributed by atoms with Crippen molar-refractivity contribution in [1.82, 2.24) is 0 Å². The fraction of sp³-hybridized carbons (Fsp3) is 0.643. The maximum absolute atomic E-state index is 9.83. The Bertz CT molecular complexity index is 258. The first kappa shape index (κ1) is 14.9. The molecule has 0 aromatic carbocycles. The van der Waals surface area contributed by atoms with Crippen LogP contribution in [0.2, 0.25) is 0 Å². The van der Waals surface area contributed by atoms with E-state index in [-0.39, 0.29) is 0 Å². The summed E-state index contributed by atoms with van der Waals surface area (Å²) in [5.41, 5.74) is -0.824. The van der Waals surface area contributed by atoms with Gasteiger partial charge in [0.25, 0.3) is 0 Å². The van der Waals surface area contributed by atoms with E-state index in [1.807, 2.05) is 6.07 Å². The van der Waals surface area contributed by atoms with Crippen molar-refractivity contribution in [2.75, 3.05) is 0 Å². The first-order valence-corrected chi connectivity index (χ1v) is 6.07. The molecule has 0 aromatic rings. The van der Waals surface area contributed by atoms with E-state index in [9.17, 15) is 5.11 Å². The molecule has 0 saturated carbocycles. The van der Waals surface area contributed by atoms with Gasteiger partial charge >= 0.3 is 0 Å². The van der Waals surface area contributed by atoms with Crippen LogP contribution >= 0.6 is 0 Å². The zero-order chi connectivity index (χ0) is 12.3. The van der Waals surface area contributed by atoms with Crippen molar-refractivity contribution < 1.29 is 5.11 Å². The molecule has 0 radical (unpaired) electrons. The van der Waals surface area contributed by atoms with Crippen molar-refractivity contribution in [2.24, 2.45) is 0 Å². The van der Waals surface area contributed by atoms with Gasteiger partial charge in [0.05, 0.1) is 11.7 Å². The second kappa shape index (κ2) is 9.18. The van der Waals surface area contributed by atoms with Crippen molar-refractivity contribution in [2.45, 2.75) is 58.0 Å². The van der Waals surface area contributed by atoms with Gasteiger partial charge in [0.1, 0.15) is 0 Å². The molecule has 1 unspecified atom stereocenters. The van der Waals surface area contributed by atoms with Crippen LogP contribution in [0.1, 0.15) is 52.4 Å².